The molecule has 3 aliphatic heterocycles. The Hall–Kier alpha value is -0.160. The second-order valence-electron chi connectivity index (χ2n) is 4.04. The molecule has 0 atom stereocenters. The van der Waals surface area contributed by atoms with E-state index in [2.05, 4.69) is 0 Å². The van der Waals surface area contributed by atoms with Gasteiger partial charge in [-0.2, -0.15) is 0 Å². The number of hydrogen-bond donors (Lipinski definition) is 0. The first kappa shape index (κ1) is 10.4. The van der Waals surface area contributed by atoms with E-state index in [-0.39, 0.29) is 5.41 Å². The van der Waals surface area contributed by atoms with Crippen LogP contribution in [0.1, 0.15) is 20.3 Å². The maximum absolute atomic E-state index is 5.59. The van der Waals surface area contributed by atoms with Gasteiger partial charge >= 0.3 is 0 Å². The molecule has 0 aromatic carbocycles. The fraction of sp³-hybridized carbons (Fsp3) is 1.00. The van der Waals surface area contributed by atoms with Crippen LogP contribution in [0, 0.1) is 5.41 Å². The van der Waals surface area contributed by atoms with E-state index in [1.165, 1.54) is 0 Å². The summed E-state index contributed by atoms with van der Waals surface area (Å²) in [7, 11) is 0. The molecule has 3 aliphatic rings. The molecule has 0 aliphatic carbocycles. The van der Waals surface area contributed by atoms with E-state index in [4.69, 9.17) is 18.9 Å². The predicted molar refractivity (Wildman–Crippen MR) is 49.8 cm³/mol. The molecule has 0 spiro atoms. The van der Waals surface area contributed by atoms with Crippen LogP contribution < -0.4 is 0 Å². The van der Waals surface area contributed by atoms with Crippen LogP contribution in [0.3, 0.4) is 0 Å². The summed E-state index contributed by atoms with van der Waals surface area (Å²) in [6, 6.07) is 0. The highest BCUT2D eigenvalue weighted by Crippen LogP contribution is 2.39. The van der Waals surface area contributed by atoms with E-state index in [1.54, 1.807) is 0 Å². The third-order valence-corrected chi connectivity index (χ3v) is 2.84. The molecule has 14 heavy (non-hydrogen) atoms. The first-order valence-corrected chi connectivity index (χ1v) is 5.24. The highest BCUT2D eigenvalue weighted by atomic mass is 16.9. The van der Waals surface area contributed by atoms with Crippen LogP contribution in [0.15, 0.2) is 0 Å². The molecule has 0 aromatic rings. The molecular weight excluding hydrogens is 184 g/mol. The van der Waals surface area contributed by atoms with E-state index >= 15 is 0 Å². The summed E-state index contributed by atoms with van der Waals surface area (Å²) in [5.74, 6) is -0.756. The Morgan fingerprint density at radius 2 is 1.64 bits per heavy atom. The average Bonchev–Trinajstić information content (AvgIpc) is 2.29. The van der Waals surface area contributed by atoms with Crippen LogP contribution >= 0.6 is 0 Å². The number of hydrogen-bond acceptors (Lipinski definition) is 4. The van der Waals surface area contributed by atoms with Gasteiger partial charge in [-0.15, -0.1) is 0 Å². The lowest BCUT2D eigenvalue weighted by Gasteiger charge is -2.51. The molecule has 0 aromatic heterocycles. The van der Waals surface area contributed by atoms with Crippen molar-refractivity contribution in [3.63, 3.8) is 0 Å². The molecule has 0 saturated carbocycles. The summed E-state index contributed by atoms with van der Waals surface area (Å²) in [5, 5.41) is 0. The topological polar surface area (TPSA) is 36.9 Å². The van der Waals surface area contributed by atoms with Crippen LogP contribution in [0.4, 0.5) is 0 Å². The minimum absolute atomic E-state index is 0.0765. The Morgan fingerprint density at radius 3 is 2.07 bits per heavy atom. The zero-order chi connectivity index (χ0) is 10.1. The first-order valence-electron chi connectivity index (χ1n) is 5.24. The first-order chi connectivity index (χ1) is 6.74. The molecule has 0 N–H and O–H groups in total. The van der Waals surface area contributed by atoms with Crippen molar-refractivity contribution in [2.24, 2.45) is 5.41 Å². The molecule has 0 unspecified atom stereocenters. The number of fused-ring (bicyclic) bond motifs is 3. The molecule has 3 rings (SSSR count). The van der Waals surface area contributed by atoms with Crippen molar-refractivity contribution >= 4 is 0 Å². The molecule has 3 heterocycles. The molecule has 0 radical (unpaired) electrons. The van der Waals surface area contributed by atoms with Crippen molar-refractivity contribution in [3.05, 3.63) is 0 Å². The fourth-order valence-corrected chi connectivity index (χ4v) is 1.79. The molecule has 3 saturated heterocycles. The van der Waals surface area contributed by atoms with E-state index in [1.807, 2.05) is 13.8 Å². The smallest absolute Gasteiger partial charge is 0.282 e. The fourth-order valence-electron chi connectivity index (χ4n) is 1.79. The van der Waals surface area contributed by atoms with Crippen LogP contribution in [0.2, 0.25) is 0 Å². The van der Waals surface area contributed by atoms with E-state index in [0.29, 0.717) is 26.4 Å². The molecule has 3 fully saturated rings. The summed E-state index contributed by atoms with van der Waals surface area (Å²) < 4.78 is 22.2. The van der Waals surface area contributed by atoms with Gasteiger partial charge in [-0.1, -0.05) is 6.92 Å². The molecule has 0 amide bonds. The summed E-state index contributed by atoms with van der Waals surface area (Å²) in [6.45, 7) is 7.41. The van der Waals surface area contributed by atoms with Gasteiger partial charge in [-0.3, -0.25) is 0 Å². The van der Waals surface area contributed by atoms with Gasteiger partial charge in [0.25, 0.3) is 5.97 Å². The zero-order valence-corrected chi connectivity index (χ0v) is 8.88. The van der Waals surface area contributed by atoms with Gasteiger partial charge in [0, 0.05) is 13.0 Å². The molecule has 4 nitrogen and oxygen atoms in total. The largest absolute Gasteiger partial charge is 0.381 e. The lowest BCUT2D eigenvalue weighted by Crippen LogP contribution is -2.61. The van der Waals surface area contributed by atoms with Crippen molar-refractivity contribution in [1.82, 2.24) is 0 Å². The van der Waals surface area contributed by atoms with E-state index in [0.717, 1.165) is 13.0 Å². The van der Waals surface area contributed by atoms with Gasteiger partial charge in [-0.25, -0.2) is 0 Å². The maximum Gasteiger partial charge on any atom is 0.282 e. The summed E-state index contributed by atoms with van der Waals surface area (Å²) in [5.41, 5.74) is -0.0765. The Morgan fingerprint density at radius 1 is 1.07 bits per heavy atom. The molecular formula is C10H18O4. The SMILES string of the molecule is CCOCC12COC(CC)(OC1)OC2. The molecule has 82 valence electrons. The van der Waals surface area contributed by atoms with Gasteiger partial charge in [0.2, 0.25) is 0 Å². The summed E-state index contributed by atoms with van der Waals surface area (Å²) >= 11 is 0. The van der Waals surface area contributed by atoms with Crippen molar-refractivity contribution < 1.29 is 18.9 Å². The minimum atomic E-state index is -0.756. The van der Waals surface area contributed by atoms with Crippen molar-refractivity contribution in [2.75, 3.05) is 33.0 Å². The Labute approximate surface area is 84.5 Å². The van der Waals surface area contributed by atoms with Crippen molar-refractivity contribution in [1.29, 1.82) is 0 Å². The zero-order valence-electron chi connectivity index (χ0n) is 8.88. The summed E-state index contributed by atoms with van der Waals surface area (Å²) in [6.07, 6.45) is 0.734. The van der Waals surface area contributed by atoms with Crippen LogP contribution in [-0.4, -0.2) is 39.0 Å². The molecule has 4 heteroatoms. The molecule has 2 bridgehead atoms. The highest BCUT2D eigenvalue weighted by Gasteiger charge is 2.51. The van der Waals surface area contributed by atoms with Gasteiger partial charge < -0.3 is 18.9 Å². The number of rotatable bonds is 4. The lowest BCUT2D eigenvalue weighted by atomic mass is 9.90. The highest BCUT2D eigenvalue weighted by molar-refractivity contribution is 4.87. The minimum Gasteiger partial charge on any atom is -0.381 e. The monoisotopic (exact) mass is 202 g/mol. The normalized spacial score (nSPS) is 41.6. The van der Waals surface area contributed by atoms with Crippen molar-refractivity contribution in [3.8, 4) is 0 Å². The second-order valence-corrected chi connectivity index (χ2v) is 4.04. The van der Waals surface area contributed by atoms with Crippen LogP contribution in [-0.2, 0) is 18.9 Å². The Kier molecular flexibility index (Phi) is 2.79. The predicted octanol–water partition coefficient (Wildman–Crippen LogP) is 1.15. The third kappa shape index (κ3) is 1.67. The van der Waals surface area contributed by atoms with E-state index < -0.39 is 5.97 Å². The Bertz CT molecular complexity index is 180. The van der Waals surface area contributed by atoms with Crippen molar-refractivity contribution in [2.45, 2.75) is 26.2 Å². The lowest BCUT2D eigenvalue weighted by molar-refractivity contribution is -0.471. The average molecular weight is 202 g/mol. The van der Waals surface area contributed by atoms with Crippen LogP contribution in [0.25, 0.3) is 0 Å². The van der Waals surface area contributed by atoms with E-state index in [9.17, 15) is 0 Å². The number of ether oxygens (including phenoxy) is 4. The third-order valence-electron chi connectivity index (χ3n) is 2.84. The van der Waals surface area contributed by atoms with Gasteiger partial charge in [0.15, 0.2) is 0 Å². The standard InChI is InChI=1S/C10H18O4/c1-3-10-12-6-9(7-13-10,8-14-10)5-11-4-2/h3-8H2,1-2H3. The summed E-state index contributed by atoms with van der Waals surface area (Å²) in [4.78, 5) is 0. The second kappa shape index (κ2) is 3.77. The van der Waals surface area contributed by atoms with Gasteiger partial charge in [0.1, 0.15) is 0 Å². The maximum atomic E-state index is 5.59. The Balaban J connectivity index is 1.95. The van der Waals surface area contributed by atoms with Gasteiger partial charge in [-0.05, 0) is 6.92 Å². The quantitative estimate of drug-likeness (QED) is 0.685. The van der Waals surface area contributed by atoms with Crippen LogP contribution in [0.5, 0.6) is 0 Å². The van der Waals surface area contributed by atoms with Gasteiger partial charge in [0.05, 0.1) is 31.8 Å².